The Morgan fingerprint density at radius 3 is 2.33 bits per heavy atom. The van der Waals surface area contributed by atoms with E-state index in [1.807, 2.05) is 0 Å². The molecule has 4 heteroatoms. The van der Waals surface area contributed by atoms with Gasteiger partial charge in [-0.2, -0.15) is 0 Å². The zero-order chi connectivity index (χ0) is 9.41. The van der Waals surface area contributed by atoms with Crippen molar-refractivity contribution in [3.05, 3.63) is 0 Å². The molecule has 0 aromatic rings. The van der Waals surface area contributed by atoms with Crippen molar-refractivity contribution < 1.29 is 14.6 Å². The molecule has 0 spiro atoms. The van der Waals surface area contributed by atoms with Crippen molar-refractivity contribution in [1.82, 2.24) is 5.32 Å². The van der Waals surface area contributed by atoms with E-state index in [1.54, 1.807) is 20.9 Å². The van der Waals surface area contributed by atoms with E-state index in [1.165, 1.54) is 0 Å². The van der Waals surface area contributed by atoms with Crippen LogP contribution in [0, 0.1) is 0 Å². The van der Waals surface area contributed by atoms with Crippen molar-refractivity contribution in [2.45, 2.75) is 31.4 Å². The molecule has 1 aliphatic heterocycles. The molecule has 1 heterocycles. The molecule has 0 aromatic heterocycles. The smallest absolute Gasteiger partial charge is 0.326 e. The van der Waals surface area contributed by atoms with Gasteiger partial charge < -0.3 is 15.2 Å². The average molecular weight is 173 g/mol. The van der Waals surface area contributed by atoms with Crippen LogP contribution in [0.15, 0.2) is 0 Å². The molecule has 1 aliphatic rings. The second-order valence-electron chi connectivity index (χ2n) is 3.57. The fraction of sp³-hybridized carbons (Fsp3) is 0.875. The number of carboxylic acids is 1. The van der Waals surface area contributed by atoms with Crippen LogP contribution in [-0.2, 0) is 9.53 Å². The van der Waals surface area contributed by atoms with E-state index in [9.17, 15) is 4.79 Å². The van der Waals surface area contributed by atoms with E-state index in [0.717, 1.165) is 0 Å². The van der Waals surface area contributed by atoms with Gasteiger partial charge in [-0.3, -0.25) is 4.79 Å². The molecule has 0 saturated carbocycles. The number of carbonyl (C=O) groups is 1. The van der Waals surface area contributed by atoms with Gasteiger partial charge >= 0.3 is 5.97 Å². The van der Waals surface area contributed by atoms with E-state index in [-0.39, 0.29) is 0 Å². The van der Waals surface area contributed by atoms with Crippen molar-refractivity contribution >= 4 is 5.97 Å². The molecule has 70 valence electrons. The van der Waals surface area contributed by atoms with Gasteiger partial charge in [0.25, 0.3) is 0 Å². The van der Waals surface area contributed by atoms with E-state index in [2.05, 4.69) is 5.32 Å². The van der Waals surface area contributed by atoms with E-state index in [4.69, 9.17) is 9.84 Å². The van der Waals surface area contributed by atoms with Crippen LogP contribution in [-0.4, -0.2) is 35.9 Å². The Hall–Kier alpha value is -0.610. The molecular formula is C8H15NO3. The summed E-state index contributed by atoms with van der Waals surface area (Å²) in [4.78, 5) is 11.0. The summed E-state index contributed by atoms with van der Waals surface area (Å²) in [6, 6.07) is 0. The quantitative estimate of drug-likeness (QED) is 0.627. The lowest BCUT2D eigenvalue weighted by Gasteiger charge is -2.35. The largest absolute Gasteiger partial charge is 0.480 e. The summed E-state index contributed by atoms with van der Waals surface area (Å²) in [5, 5.41) is 11.9. The predicted octanol–water partition coefficient (Wildman–Crippen LogP) is 0.228. The Morgan fingerprint density at radius 1 is 1.58 bits per heavy atom. The number of aliphatic carboxylic acids is 1. The monoisotopic (exact) mass is 173 g/mol. The molecule has 0 radical (unpaired) electrons. The van der Waals surface area contributed by atoms with Gasteiger partial charge in [0, 0.05) is 13.0 Å². The third kappa shape index (κ3) is 1.03. The molecule has 1 fully saturated rings. The number of hydrogen-bond donors (Lipinski definition) is 2. The molecule has 1 rings (SSSR count). The molecule has 12 heavy (non-hydrogen) atoms. The number of hydrogen-bond acceptors (Lipinski definition) is 3. The summed E-state index contributed by atoms with van der Waals surface area (Å²) in [6.45, 7) is 4.09. The zero-order valence-electron chi connectivity index (χ0n) is 7.68. The summed E-state index contributed by atoms with van der Waals surface area (Å²) in [7, 11) is 1.66. The first-order valence-electron chi connectivity index (χ1n) is 4.02. The Labute approximate surface area is 71.9 Å². The van der Waals surface area contributed by atoms with Crippen LogP contribution >= 0.6 is 0 Å². The minimum atomic E-state index is -0.924. The number of ether oxygens (including phenoxy) is 1. The summed E-state index contributed by atoms with van der Waals surface area (Å²) in [5.41, 5.74) is -1.55. The SMILES string of the molecule is CNC1(C(=O)O)CCOC1(C)C. The van der Waals surface area contributed by atoms with Gasteiger partial charge in [0.1, 0.15) is 5.54 Å². The number of likely N-dealkylation sites (N-methyl/N-ethyl adjacent to an activating group) is 1. The Balaban J connectivity index is 3.00. The molecule has 0 bridgehead atoms. The van der Waals surface area contributed by atoms with Crippen molar-refractivity contribution in [2.24, 2.45) is 0 Å². The van der Waals surface area contributed by atoms with Gasteiger partial charge in [-0.25, -0.2) is 0 Å². The lowest BCUT2D eigenvalue weighted by atomic mass is 9.82. The van der Waals surface area contributed by atoms with Crippen molar-refractivity contribution in [2.75, 3.05) is 13.7 Å². The maximum Gasteiger partial charge on any atom is 0.326 e. The number of nitrogens with one attached hydrogen (secondary N) is 1. The number of rotatable bonds is 2. The first-order valence-corrected chi connectivity index (χ1v) is 4.02. The highest BCUT2D eigenvalue weighted by atomic mass is 16.5. The Bertz CT molecular complexity index is 202. The molecular weight excluding hydrogens is 158 g/mol. The Kier molecular flexibility index (Phi) is 2.14. The third-order valence-corrected chi connectivity index (χ3v) is 2.76. The van der Waals surface area contributed by atoms with Gasteiger partial charge in [-0.15, -0.1) is 0 Å². The highest BCUT2D eigenvalue weighted by molar-refractivity contribution is 5.81. The van der Waals surface area contributed by atoms with Crippen molar-refractivity contribution in [1.29, 1.82) is 0 Å². The summed E-state index contributed by atoms with van der Waals surface area (Å²) in [5.74, 6) is -0.840. The molecule has 4 nitrogen and oxygen atoms in total. The topological polar surface area (TPSA) is 58.6 Å². The second kappa shape index (κ2) is 2.71. The van der Waals surface area contributed by atoms with Gasteiger partial charge in [0.05, 0.1) is 5.60 Å². The minimum absolute atomic E-state index is 0.500. The van der Waals surface area contributed by atoms with Crippen LogP contribution in [0.25, 0.3) is 0 Å². The molecule has 2 N–H and O–H groups in total. The van der Waals surface area contributed by atoms with Gasteiger partial charge in [-0.05, 0) is 20.9 Å². The van der Waals surface area contributed by atoms with Gasteiger partial charge in [0.15, 0.2) is 0 Å². The minimum Gasteiger partial charge on any atom is -0.480 e. The van der Waals surface area contributed by atoms with E-state index in [0.29, 0.717) is 13.0 Å². The standard InChI is InChI=1S/C8H15NO3/c1-7(2)8(9-3,6(10)11)4-5-12-7/h9H,4-5H2,1-3H3,(H,10,11). The molecule has 0 aliphatic carbocycles. The van der Waals surface area contributed by atoms with Gasteiger partial charge in [0.2, 0.25) is 0 Å². The van der Waals surface area contributed by atoms with Crippen LogP contribution in [0.1, 0.15) is 20.3 Å². The molecule has 1 saturated heterocycles. The van der Waals surface area contributed by atoms with Crippen LogP contribution in [0.2, 0.25) is 0 Å². The van der Waals surface area contributed by atoms with Crippen LogP contribution in [0.3, 0.4) is 0 Å². The maximum absolute atomic E-state index is 11.0. The fourth-order valence-corrected chi connectivity index (χ4v) is 1.78. The zero-order valence-corrected chi connectivity index (χ0v) is 7.68. The predicted molar refractivity (Wildman–Crippen MR) is 44.1 cm³/mol. The van der Waals surface area contributed by atoms with Crippen LogP contribution in [0.5, 0.6) is 0 Å². The average Bonchev–Trinajstić information content (AvgIpc) is 2.25. The Morgan fingerprint density at radius 2 is 2.17 bits per heavy atom. The van der Waals surface area contributed by atoms with Crippen LogP contribution in [0.4, 0.5) is 0 Å². The van der Waals surface area contributed by atoms with Gasteiger partial charge in [-0.1, -0.05) is 0 Å². The number of carboxylic acid groups (broad SMARTS) is 1. The summed E-state index contributed by atoms with van der Waals surface area (Å²) < 4.78 is 5.37. The summed E-state index contributed by atoms with van der Waals surface area (Å²) in [6.07, 6.45) is 0.520. The highest BCUT2D eigenvalue weighted by Crippen LogP contribution is 2.35. The van der Waals surface area contributed by atoms with Crippen molar-refractivity contribution in [3.8, 4) is 0 Å². The first kappa shape index (κ1) is 9.48. The lowest BCUT2D eigenvalue weighted by Crippen LogP contribution is -2.61. The molecule has 0 amide bonds. The van der Waals surface area contributed by atoms with E-state index >= 15 is 0 Å². The fourth-order valence-electron chi connectivity index (χ4n) is 1.78. The third-order valence-electron chi connectivity index (χ3n) is 2.76. The summed E-state index contributed by atoms with van der Waals surface area (Å²) >= 11 is 0. The highest BCUT2D eigenvalue weighted by Gasteiger charge is 2.55. The molecule has 0 aromatic carbocycles. The normalized spacial score (nSPS) is 33.6. The van der Waals surface area contributed by atoms with E-state index < -0.39 is 17.1 Å². The lowest BCUT2D eigenvalue weighted by molar-refractivity contribution is -0.151. The van der Waals surface area contributed by atoms with Crippen LogP contribution < -0.4 is 5.32 Å². The maximum atomic E-state index is 11.0. The molecule has 1 unspecified atom stereocenters. The first-order chi connectivity index (χ1) is 5.46. The van der Waals surface area contributed by atoms with Crippen molar-refractivity contribution in [3.63, 3.8) is 0 Å². The second-order valence-corrected chi connectivity index (χ2v) is 3.57. The molecule has 1 atom stereocenters.